The van der Waals surface area contributed by atoms with Crippen LogP contribution in [0.15, 0.2) is 72.8 Å². The monoisotopic (exact) mass is 412 g/mol. The zero-order valence-electron chi connectivity index (χ0n) is 17.1. The van der Waals surface area contributed by atoms with Crippen LogP contribution in [-0.2, 0) is 11.2 Å². The number of benzene rings is 5. The van der Waals surface area contributed by atoms with Gasteiger partial charge in [-0.15, -0.1) is 0 Å². The molecule has 4 nitrogen and oxygen atoms in total. The van der Waals surface area contributed by atoms with Gasteiger partial charge >= 0.3 is 0 Å². The summed E-state index contributed by atoms with van der Waals surface area (Å²) in [6.07, 6.45) is 0.863. The smallest absolute Gasteiger partial charge is 0.228 e. The summed E-state index contributed by atoms with van der Waals surface area (Å²) < 4.78 is 0. The molecule has 0 saturated heterocycles. The number of carbonyl (C=O) groups is 2. The minimum Gasteiger partial charge on any atom is -0.290 e. The standard InChI is InChI=1S/C28H16N2O2/c31-25-10-7-19-13-21-18(14-22(19)28(25)32)6-9-24-27(21)30-23-8-5-17-11-15-3-1-2-4-16(15)12-20(17)26(23)29-24/h1-6,8-9,11-14H,7,10H2. The van der Waals surface area contributed by atoms with Gasteiger partial charge in [-0.05, 0) is 69.9 Å². The van der Waals surface area contributed by atoms with E-state index in [0.29, 0.717) is 12.0 Å². The maximum atomic E-state index is 12.3. The molecule has 0 radical (unpaired) electrons. The third-order valence-electron chi connectivity index (χ3n) is 6.61. The highest BCUT2D eigenvalue weighted by atomic mass is 16.2. The molecule has 150 valence electrons. The Balaban J connectivity index is 1.55. The average Bonchev–Trinajstić information content (AvgIpc) is 2.83. The zero-order chi connectivity index (χ0) is 21.4. The van der Waals surface area contributed by atoms with Gasteiger partial charge in [-0.3, -0.25) is 9.59 Å². The third kappa shape index (κ3) is 2.38. The van der Waals surface area contributed by atoms with Gasteiger partial charge in [0.05, 0.1) is 22.1 Å². The van der Waals surface area contributed by atoms with Gasteiger partial charge in [0.25, 0.3) is 0 Å². The molecule has 4 heteroatoms. The van der Waals surface area contributed by atoms with E-state index in [1.54, 1.807) is 0 Å². The molecule has 7 rings (SSSR count). The minimum atomic E-state index is -0.378. The lowest BCUT2D eigenvalue weighted by atomic mass is 9.87. The molecule has 1 aliphatic rings. The Morgan fingerprint density at radius 2 is 1.22 bits per heavy atom. The van der Waals surface area contributed by atoms with Crippen LogP contribution in [0.4, 0.5) is 0 Å². The Morgan fingerprint density at radius 3 is 1.94 bits per heavy atom. The fraction of sp³-hybridized carbons (Fsp3) is 0.0714. The van der Waals surface area contributed by atoms with E-state index in [-0.39, 0.29) is 18.0 Å². The fourth-order valence-electron chi connectivity index (χ4n) is 4.96. The van der Waals surface area contributed by atoms with Crippen molar-refractivity contribution in [2.75, 3.05) is 0 Å². The van der Waals surface area contributed by atoms with Gasteiger partial charge in [-0.2, -0.15) is 0 Å². The van der Waals surface area contributed by atoms with E-state index in [9.17, 15) is 9.59 Å². The van der Waals surface area contributed by atoms with Crippen LogP contribution in [0.25, 0.3) is 54.4 Å². The molecule has 1 aliphatic carbocycles. The Morgan fingerprint density at radius 1 is 0.594 bits per heavy atom. The molecule has 0 spiro atoms. The molecular weight excluding hydrogens is 396 g/mol. The van der Waals surface area contributed by atoms with Crippen LogP contribution in [0.5, 0.6) is 0 Å². The summed E-state index contributed by atoms with van der Waals surface area (Å²) in [6, 6.07) is 24.6. The van der Waals surface area contributed by atoms with Crippen LogP contribution in [0, 0.1) is 0 Å². The molecule has 1 heterocycles. The van der Waals surface area contributed by atoms with E-state index in [0.717, 1.165) is 49.2 Å². The van der Waals surface area contributed by atoms with Gasteiger partial charge in [0.2, 0.25) is 11.6 Å². The van der Waals surface area contributed by atoms with Gasteiger partial charge < -0.3 is 0 Å². The summed E-state index contributed by atoms with van der Waals surface area (Å²) in [5.74, 6) is -0.681. The molecule has 0 bridgehead atoms. The number of Topliss-reactive ketones (excluding diaryl/α,β-unsaturated/α-hetero) is 2. The molecule has 0 N–H and O–H groups in total. The summed E-state index contributed by atoms with van der Waals surface area (Å²) >= 11 is 0. The third-order valence-corrected chi connectivity index (χ3v) is 6.61. The summed E-state index contributed by atoms with van der Waals surface area (Å²) in [7, 11) is 0. The highest BCUT2D eigenvalue weighted by Crippen LogP contribution is 2.33. The van der Waals surface area contributed by atoms with Gasteiger partial charge in [0, 0.05) is 22.8 Å². The topological polar surface area (TPSA) is 59.9 Å². The molecule has 5 aromatic carbocycles. The number of nitrogens with zero attached hydrogens (tertiary/aromatic N) is 2. The SMILES string of the molecule is O=C1CCc2cc3c(ccc4nc5c(ccc6cc7ccccc7cc65)nc43)cc2C1=O. The predicted molar refractivity (Wildman–Crippen MR) is 127 cm³/mol. The maximum Gasteiger partial charge on any atom is 0.228 e. The molecule has 1 aromatic heterocycles. The number of hydrogen-bond donors (Lipinski definition) is 0. The number of aromatic nitrogens is 2. The molecule has 0 fully saturated rings. The quantitative estimate of drug-likeness (QED) is 0.176. The van der Waals surface area contributed by atoms with Crippen molar-refractivity contribution in [3.05, 3.63) is 83.9 Å². The maximum absolute atomic E-state index is 12.3. The van der Waals surface area contributed by atoms with E-state index in [4.69, 9.17) is 9.97 Å². The number of carbonyl (C=O) groups excluding carboxylic acids is 2. The summed E-state index contributed by atoms with van der Waals surface area (Å²) in [5, 5.41) is 6.49. The Labute approximate surface area is 182 Å². The average molecular weight is 412 g/mol. The predicted octanol–water partition coefficient (Wildman–Crippen LogP) is 5.94. The van der Waals surface area contributed by atoms with Gasteiger partial charge in [0.1, 0.15) is 0 Å². The van der Waals surface area contributed by atoms with Crippen LogP contribution in [-0.4, -0.2) is 21.5 Å². The van der Waals surface area contributed by atoms with Crippen molar-refractivity contribution < 1.29 is 9.59 Å². The van der Waals surface area contributed by atoms with Crippen molar-refractivity contribution in [2.45, 2.75) is 12.8 Å². The highest BCUT2D eigenvalue weighted by molar-refractivity contribution is 6.45. The lowest BCUT2D eigenvalue weighted by Gasteiger charge is -2.15. The van der Waals surface area contributed by atoms with Crippen LogP contribution >= 0.6 is 0 Å². The first kappa shape index (κ1) is 17.5. The first-order valence-corrected chi connectivity index (χ1v) is 10.7. The fourth-order valence-corrected chi connectivity index (χ4v) is 4.96. The van der Waals surface area contributed by atoms with Gasteiger partial charge in [0.15, 0.2) is 0 Å². The van der Waals surface area contributed by atoms with E-state index in [1.165, 1.54) is 10.8 Å². The molecule has 0 aliphatic heterocycles. The lowest BCUT2D eigenvalue weighted by molar-refractivity contribution is -0.115. The van der Waals surface area contributed by atoms with E-state index < -0.39 is 0 Å². The minimum absolute atomic E-state index is 0.274. The first-order chi connectivity index (χ1) is 15.7. The van der Waals surface area contributed by atoms with Crippen molar-refractivity contribution in [3.8, 4) is 0 Å². The Hall–Kier alpha value is -4.18. The van der Waals surface area contributed by atoms with Crippen molar-refractivity contribution in [1.29, 1.82) is 0 Å². The molecule has 0 amide bonds. The zero-order valence-corrected chi connectivity index (χ0v) is 17.1. The second kappa shape index (κ2) is 6.17. The van der Waals surface area contributed by atoms with E-state index >= 15 is 0 Å². The summed E-state index contributed by atoms with van der Waals surface area (Å²) in [4.78, 5) is 34.2. The van der Waals surface area contributed by atoms with Crippen LogP contribution < -0.4 is 0 Å². The normalized spacial score (nSPS) is 14.1. The summed E-state index contributed by atoms with van der Waals surface area (Å²) in [5.41, 5.74) is 4.82. The van der Waals surface area contributed by atoms with Crippen molar-refractivity contribution in [3.63, 3.8) is 0 Å². The molecule has 0 saturated carbocycles. The number of ketones is 2. The van der Waals surface area contributed by atoms with Crippen molar-refractivity contribution in [2.24, 2.45) is 0 Å². The molecular formula is C28H16N2O2. The van der Waals surface area contributed by atoms with E-state index in [1.807, 2.05) is 36.4 Å². The number of fused-ring (bicyclic) bond motifs is 8. The van der Waals surface area contributed by atoms with Gasteiger partial charge in [-0.25, -0.2) is 9.97 Å². The number of hydrogen-bond acceptors (Lipinski definition) is 4. The second-order valence-corrected chi connectivity index (χ2v) is 8.49. The van der Waals surface area contributed by atoms with Crippen LogP contribution in [0.3, 0.4) is 0 Å². The first-order valence-electron chi connectivity index (χ1n) is 10.7. The van der Waals surface area contributed by atoms with Gasteiger partial charge in [-0.1, -0.05) is 36.4 Å². The summed E-state index contributed by atoms with van der Waals surface area (Å²) in [6.45, 7) is 0. The number of rotatable bonds is 0. The van der Waals surface area contributed by atoms with Crippen LogP contribution in [0.1, 0.15) is 22.3 Å². The Kier molecular flexibility index (Phi) is 3.37. The van der Waals surface area contributed by atoms with E-state index in [2.05, 4.69) is 36.4 Å². The lowest BCUT2D eigenvalue weighted by Crippen LogP contribution is -2.22. The highest BCUT2D eigenvalue weighted by Gasteiger charge is 2.25. The molecule has 0 unspecified atom stereocenters. The molecule has 6 aromatic rings. The Bertz CT molecular complexity index is 1820. The number of aryl methyl sites for hydroxylation is 1. The van der Waals surface area contributed by atoms with Crippen LogP contribution in [0.2, 0.25) is 0 Å². The second-order valence-electron chi connectivity index (χ2n) is 8.49. The van der Waals surface area contributed by atoms with Crippen molar-refractivity contribution in [1.82, 2.24) is 9.97 Å². The molecule has 0 atom stereocenters. The largest absolute Gasteiger partial charge is 0.290 e. The molecule has 32 heavy (non-hydrogen) atoms. The van der Waals surface area contributed by atoms with Crippen molar-refractivity contribution >= 4 is 66.0 Å².